The molecule has 1 atom stereocenters. The van der Waals surface area contributed by atoms with Gasteiger partial charge in [0.15, 0.2) is 0 Å². The summed E-state index contributed by atoms with van der Waals surface area (Å²) in [6.45, 7) is 0.297. The van der Waals surface area contributed by atoms with Crippen molar-refractivity contribution in [3.8, 4) is 5.75 Å². The zero-order chi connectivity index (χ0) is 13.7. The number of hydrogen-bond donors (Lipinski definition) is 2. The molecule has 2 N–H and O–H groups in total. The molecule has 1 unspecified atom stereocenters. The van der Waals surface area contributed by atoms with Gasteiger partial charge in [-0.3, -0.25) is 0 Å². The Labute approximate surface area is 111 Å². The lowest BCUT2D eigenvalue weighted by atomic mass is 9.87. The van der Waals surface area contributed by atoms with E-state index in [0.29, 0.717) is 6.54 Å². The quantitative estimate of drug-likeness (QED) is 0.782. The SMILES string of the molecule is Oc1ccc2c(c1)C(NCCOCC(F)F)CCC2. The maximum atomic E-state index is 11.9. The van der Waals surface area contributed by atoms with E-state index in [4.69, 9.17) is 4.74 Å². The highest BCUT2D eigenvalue weighted by Crippen LogP contribution is 2.31. The number of aryl methyl sites for hydroxylation is 1. The average molecular weight is 271 g/mol. The van der Waals surface area contributed by atoms with Crippen LogP contribution < -0.4 is 5.32 Å². The molecule has 1 aromatic carbocycles. The summed E-state index contributed by atoms with van der Waals surface area (Å²) < 4.78 is 28.6. The fourth-order valence-corrected chi connectivity index (χ4v) is 2.48. The van der Waals surface area contributed by atoms with Gasteiger partial charge >= 0.3 is 0 Å². The lowest BCUT2D eigenvalue weighted by Crippen LogP contribution is -2.28. The number of aromatic hydroxyl groups is 1. The average Bonchev–Trinajstić information content (AvgIpc) is 2.38. The largest absolute Gasteiger partial charge is 0.508 e. The third-order valence-electron chi connectivity index (χ3n) is 3.32. The standard InChI is InChI=1S/C14H19F2NO2/c15-14(16)9-19-7-6-17-13-3-1-2-10-4-5-11(18)8-12(10)13/h4-5,8,13-14,17-18H,1-3,6-7,9H2. The Kier molecular flexibility index (Phi) is 5.10. The van der Waals surface area contributed by atoms with Crippen LogP contribution in [0.15, 0.2) is 18.2 Å². The molecule has 0 amide bonds. The first-order chi connectivity index (χ1) is 9.16. The summed E-state index contributed by atoms with van der Waals surface area (Å²) in [6.07, 6.45) is 0.696. The van der Waals surface area contributed by atoms with E-state index in [1.54, 1.807) is 12.1 Å². The first-order valence-electron chi connectivity index (χ1n) is 6.58. The van der Waals surface area contributed by atoms with E-state index >= 15 is 0 Å². The molecule has 0 fully saturated rings. The van der Waals surface area contributed by atoms with Crippen molar-refractivity contribution in [3.63, 3.8) is 0 Å². The van der Waals surface area contributed by atoms with Crippen LogP contribution in [0.25, 0.3) is 0 Å². The molecule has 0 saturated carbocycles. The number of fused-ring (bicyclic) bond motifs is 1. The van der Waals surface area contributed by atoms with Crippen molar-refractivity contribution >= 4 is 0 Å². The summed E-state index contributed by atoms with van der Waals surface area (Å²) in [4.78, 5) is 0. The van der Waals surface area contributed by atoms with E-state index in [1.807, 2.05) is 6.07 Å². The Balaban J connectivity index is 1.84. The van der Waals surface area contributed by atoms with Crippen molar-refractivity contribution in [3.05, 3.63) is 29.3 Å². The molecule has 1 aliphatic rings. The summed E-state index contributed by atoms with van der Waals surface area (Å²) in [6, 6.07) is 5.61. The summed E-state index contributed by atoms with van der Waals surface area (Å²) in [5.41, 5.74) is 2.36. The number of nitrogens with one attached hydrogen (secondary N) is 1. The number of hydrogen-bond acceptors (Lipinski definition) is 3. The van der Waals surface area contributed by atoms with Gasteiger partial charge in [-0.25, -0.2) is 8.78 Å². The highest BCUT2D eigenvalue weighted by atomic mass is 19.3. The van der Waals surface area contributed by atoms with E-state index in [-0.39, 0.29) is 18.4 Å². The number of phenols is 1. The summed E-state index contributed by atoms with van der Waals surface area (Å²) in [7, 11) is 0. The van der Waals surface area contributed by atoms with Crippen molar-refractivity contribution < 1.29 is 18.6 Å². The highest BCUT2D eigenvalue weighted by molar-refractivity contribution is 5.38. The maximum Gasteiger partial charge on any atom is 0.261 e. The van der Waals surface area contributed by atoms with E-state index in [0.717, 1.165) is 24.8 Å². The smallest absolute Gasteiger partial charge is 0.261 e. The number of phenolic OH excluding ortho intramolecular Hbond substituents is 1. The third-order valence-corrected chi connectivity index (χ3v) is 3.32. The summed E-state index contributed by atoms with van der Waals surface area (Å²) in [5.74, 6) is 0.265. The minimum absolute atomic E-state index is 0.172. The van der Waals surface area contributed by atoms with Crippen LogP contribution >= 0.6 is 0 Å². The van der Waals surface area contributed by atoms with Crippen LogP contribution in [0.2, 0.25) is 0 Å². The topological polar surface area (TPSA) is 41.5 Å². The van der Waals surface area contributed by atoms with Crippen molar-refractivity contribution in [2.45, 2.75) is 31.7 Å². The molecule has 0 saturated heterocycles. The number of ether oxygens (including phenoxy) is 1. The van der Waals surface area contributed by atoms with Crippen molar-refractivity contribution in [2.75, 3.05) is 19.8 Å². The van der Waals surface area contributed by atoms with Gasteiger partial charge in [0.25, 0.3) is 6.43 Å². The van der Waals surface area contributed by atoms with Crippen molar-refractivity contribution in [1.29, 1.82) is 0 Å². The van der Waals surface area contributed by atoms with Gasteiger partial charge in [0.2, 0.25) is 0 Å². The molecule has 1 aliphatic carbocycles. The fourth-order valence-electron chi connectivity index (χ4n) is 2.48. The predicted molar refractivity (Wildman–Crippen MR) is 68.6 cm³/mol. The van der Waals surface area contributed by atoms with Crippen molar-refractivity contribution in [2.24, 2.45) is 0 Å². The van der Waals surface area contributed by atoms with Crippen LogP contribution in [0.4, 0.5) is 8.78 Å². The Morgan fingerprint density at radius 1 is 1.42 bits per heavy atom. The Morgan fingerprint density at radius 2 is 2.26 bits per heavy atom. The molecule has 0 heterocycles. The molecule has 0 aromatic heterocycles. The molecule has 0 aliphatic heterocycles. The minimum Gasteiger partial charge on any atom is -0.508 e. The van der Waals surface area contributed by atoms with Gasteiger partial charge in [-0.1, -0.05) is 6.07 Å². The molecular weight excluding hydrogens is 252 g/mol. The number of rotatable bonds is 6. The molecule has 3 nitrogen and oxygen atoms in total. The van der Waals surface area contributed by atoms with Gasteiger partial charge in [-0.05, 0) is 42.5 Å². The van der Waals surface area contributed by atoms with Crippen LogP contribution in [0.1, 0.15) is 30.0 Å². The molecule has 0 bridgehead atoms. The molecule has 2 rings (SSSR count). The van der Waals surface area contributed by atoms with Crippen LogP contribution in [0.5, 0.6) is 5.75 Å². The zero-order valence-electron chi connectivity index (χ0n) is 10.7. The number of halogens is 2. The predicted octanol–water partition coefficient (Wildman–Crippen LogP) is 2.64. The first kappa shape index (κ1) is 14.2. The number of benzene rings is 1. The van der Waals surface area contributed by atoms with E-state index in [9.17, 15) is 13.9 Å². The molecule has 0 spiro atoms. The van der Waals surface area contributed by atoms with Crippen molar-refractivity contribution in [1.82, 2.24) is 5.32 Å². The maximum absolute atomic E-state index is 11.9. The molecule has 0 radical (unpaired) electrons. The van der Waals surface area contributed by atoms with Gasteiger partial charge in [0.05, 0.1) is 6.61 Å². The Hall–Kier alpha value is -1.20. The monoisotopic (exact) mass is 271 g/mol. The summed E-state index contributed by atoms with van der Waals surface area (Å²) >= 11 is 0. The second-order valence-corrected chi connectivity index (χ2v) is 4.75. The highest BCUT2D eigenvalue weighted by Gasteiger charge is 2.19. The fraction of sp³-hybridized carbons (Fsp3) is 0.571. The Morgan fingerprint density at radius 3 is 3.05 bits per heavy atom. The molecule has 19 heavy (non-hydrogen) atoms. The summed E-state index contributed by atoms with van der Waals surface area (Å²) in [5, 5.41) is 12.8. The van der Waals surface area contributed by atoms with E-state index in [1.165, 1.54) is 5.56 Å². The van der Waals surface area contributed by atoms with E-state index < -0.39 is 13.0 Å². The normalized spacial score (nSPS) is 18.6. The zero-order valence-corrected chi connectivity index (χ0v) is 10.7. The molecule has 106 valence electrons. The Bertz CT molecular complexity index is 412. The minimum atomic E-state index is -2.41. The molecular formula is C14H19F2NO2. The second kappa shape index (κ2) is 6.82. The lowest BCUT2D eigenvalue weighted by molar-refractivity contribution is 0.0181. The van der Waals surface area contributed by atoms with Gasteiger partial charge in [-0.2, -0.15) is 0 Å². The molecule has 1 aromatic rings. The van der Waals surface area contributed by atoms with Gasteiger partial charge in [0, 0.05) is 12.6 Å². The van der Waals surface area contributed by atoms with Gasteiger partial charge in [-0.15, -0.1) is 0 Å². The van der Waals surface area contributed by atoms with Crippen LogP contribution in [0, 0.1) is 0 Å². The van der Waals surface area contributed by atoms with Crippen LogP contribution in [0.3, 0.4) is 0 Å². The van der Waals surface area contributed by atoms with E-state index in [2.05, 4.69) is 5.32 Å². The first-order valence-corrected chi connectivity index (χ1v) is 6.58. The number of alkyl halides is 2. The second-order valence-electron chi connectivity index (χ2n) is 4.75. The third kappa shape index (κ3) is 4.14. The van der Waals surface area contributed by atoms with Crippen LogP contribution in [-0.4, -0.2) is 31.3 Å². The lowest BCUT2D eigenvalue weighted by Gasteiger charge is -2.26. The van der Waals surface area contributed by atoms with Gasteiger partial charge in [0.1, 0.15) is 12.4 Å². The van der Waals surface area contributed by atoms with Crippen LogP contribution in [-0.2, 0) is 11.2 Å². The molecule has 5 heteroatoms. The van der Waals surface area contributed by atoms with Gasteiger partial charge < -0.3 is 15.2 Å².